The highest BCUT2D eigenvalue weighted by atomic mass is 32.2. The van der Waals surface area contributed by atoms with Crippen molar-refractivity contribution >= 4 is 17.6 Å². The van der Waals surface area contributed by atoms with Crippen molar-refractivity contribution in [2.45, 2.75) is 41.5 Å². The number of fused-ring (bicyclic) bond motifs is 1. The average molecular weight is 447 g/mol. The fourth-order valence-corrected chi connectivity index (χ4v) is 5.40. The number of rotatable bonds is 3. The minimum absolute atomic E-state index is 0.0179. The lowest BCUT2D eigenvalue weighted by atomic mass is 9.73. The molecule has 4 heterocycles. The van der Waals surface area contributed by atoms with Gasteiger partial charge in [0.05, 0.1) is 29.7 Å². The highest BCUT2D eigenvalue weighted by molar-refractivity contribution is 7.99. The lowest BCUT2D eigenvalue weighted by molar-refractivity contribution is -0.139. The maximum Gasteiger partial charge on any atom is 0.417 e. The molecule has 0 aliphatic carbocycles. The molecule has 1 fully saturated rings. The molecule has 0 unspecified atom stereocenters. The quantitative estimate of drug-likeness (QED) is 0.652. The molecule has 2 aromatic heterocycles. The monoisotopic (exact) mass is 446 g/mol. The third-order valence-electron chi connectivity index (χ3n) is 6.30. The molecule has 5 rings (SSSR count). The van der Waals surface area contributed by atoms with E-state index in [4.69, 9.17) is 5.73 Å². The molecule has 2 aliphatic heterocycles. The fraction of sp³-hybridized carbons (Fsp3) is 0.381. The van der Waals surface area contributed by atoms with E-state index in [1.54, 1.807) is 18.5 Å². The van der Waals surface area contributed by atoms with Crippen LogP contribution in [0.5, 0.6) is 0 Å². The molecule has 2 N–H and O–H groups in total. The molecule has 0 bridgehead atoms. The van der Waals surface area contributed by atoms with Gasteiger partial charge in [-0.25, -0.2) is 9.97 Å². The van der Waals surface area contributed by atoms with Gasteiger partial charge in [-0.1, -0.05) is 23.9 Å². The number of nitrogens with zero attached hydrogens (tertiary/aromatic N) is 5. The Morgan fingerprint density at radius 2 is 1.84 bits per heavy atom. The predicted octanol–water partition coefficient (Wildman–Crippen LogP) is 4.14. The van der Waals surface area contributed by atoms with E-state index >= 15 is 0 Å². The Morgan fingerprint density at radius 3 is 2.52 bits per heavy atom. The Labute approximate surface area is 181 Å². The van der Waals surface area contributed by atoms with Crippen LogP contribution in [0.2, 0.25) is 0 Å². The van der Waals surface area contributed by atoms with Crippen LogP contribution < -0.4 is 10.6 Å². The number of aromatic nitrogens is 4. The number of benzene rings is 1. The first-order valence-corrected chi connectivity index (χ1v) is 10.9. The smallest absolute Gasteiger partial charge is 0.355 e. The minimum Gasteiger partial charge on any atom is -0.355 e. The summed E-state index contributed by atoms with van der Waals surface area (Å²) in [6.45, 7) is 2.44. The normalized spacial score (nSPS) is 20.3. The molecule has 10 heteroatoms. The molecule has 1 atom stereocenters. The first-order chi connectivity index (χ1) is 14.9. The van der Waals surface area contributed by atoms with Gasteiger partial charge in [-0.3, -0.25) is 4.68 Å². The van der Waals surface area contributed by atoms with Gasteiger partial charge in [0.1, 0.15) is 10.8 Å². The maximum atomic E-state index is 13.2. The summed E-state index contributed by atoms with van der Waals surface area (Å²) in [5, 5.41) is 4.80. The van der Waals surface area contributed by atoms with Gasteiger partial charge in [-0.15, -0.1) is 0 Å². The van der Waals surface area contributed by atoms with E-state index in [1.807, 2.05) is 10.7 Å². The van der Waals surface area contributed by atoms with Crippen LogP contribution in [0.3, 0.4) is 0 Å². The van der Waals surface area contributed by atoms with Gasteiger partial charge in [-0.2, -0.15) is 18.3 Å². The molecule has 31 heavy (non-hydrogen) atoms. The Hall–Kier alpha value is -2.59. The van der Waals surface area contributed by atoms with Crippen molar-refractivity contribution in [1.29, 1.82) is 0 Å². The van der Waals surface area contributed by atoms with Crippen LogP contribution in [0.1, 0.15) is 30.1 Å². The van der Waals surface area contributed by atoms with Gasteiger partial charge in [0.2, 0.25) is 0 Å². The summed E-state index contributed by atoms with van der Waals surface area (Å²) in [6, 6.07) is 7.47. The number of anilines is 1. The molecular weight excluding hydrogens is 425 g/mol. The first kappa shape index (κ1) is 20.3. The van der Waals surface area contributed by atoms with Crippen molar-refractivity contribution < 1.29 is 13.2 Å². The first-order valence-electron chi connectivity index (χ1n) is 10.0. The maximum absolute atomic E-state index is 13.2. The van der Waals surface area contributed by atoms with Crippen molar-refractivity contribution in [2.75, 3.05) is 18.0 Å². The third-order valence-corrected chi connectivity index (χ3v) is 7.29. The van der Waals surface area contributed by atoms with E-state index in [0.29, 0.717) is 5.03 Å². The summed E-state index contributed by atoms with van der Waals surface area (Å²) in [6.07, 6.45) is 2.41. The van der Waals surface area contributed by atoms with Gasteiger partial charge >= 0.3 is 6.18 Å². The molecular formula is C21H21F3N6S. The molecule has 6 nitrogen and oxygen atoms in total. The molecule has 0 saturated carbocycles. The van der Waals surface area contributed by atoms with Crippen LogP contribution in [0.15, 0.2) is 58.8 Å². The van der Waals surface area contributed by atoms with E-state index < -0.39 is 11.7 Å². The van der Waals surface area contributed by atoms with Crippen molar-refractivity contribution in [3.8, 4) is 0 Å². The van der Waals surface area contributed by atoms with Gasteiger partial charge in [-0.05, 0) is 31.0 Å². The average Bonchev–Trinajstić information content (AvgIpc) is 3.30. The third kappa shape index (κ3) is 3.67. The zero-order valence-electron chi connectivity index (χ0n) is 16.6. The standard InChI is InChI=1S/C21H21F3N6S/c22-21(23,24)14-3-1-2-4-16(14)31-18-12-26-17(11-27-18)29-9-6-20(7-10-29)13-30-15(19(20)25)5-8-28-30/h1-5,8,11-12,19H,6-7,9-10,13,25H2/t19-/m1/s1. The van der Waals surface area contributed by atoms with Crippen molar-refractivity contribution in [3.05, 3.63) is 60.2 Å². The second kappa shape index (κ2) is 7.52. The van der Waals surface area contributed by atoms with Crippen molar-refractivity contribution in [1.82, 2.24) is 19.7 Å². The lowest BCUT2D eigenvalue weighted by Crippen LogP contribution is -2.45. The summed E-state index contributed by atoms with van der Waals surface area (Å²) in [7, 11) is 0. The zero-order chi connectivity index (χ0) is 21.6. The topological polar surface area (TPSA) is 72.9 Å². The summed E-state index contributed by atoms with van der Waals surface area (Å²) >= 11 is 0.968. The van der Waals surface area contributed by atoms with Crippen LogP contribution in [0.25, 0.3) is 0 Å². The number of halogens is 3. The summed E-state index contributed by atoms with van der Waals surface area (Å²) < 4.78 is 41.6. The van der Waals surface area contributed by atoms with Crippen LogP contribution in [0, 0.1) is 5.41 Å². The Balaban J connectivity index is 1.26. The molecule has 1 saturated heterocycles. The van der Waals surface area contributed by atoms with Crippen LogP contribution >= 0.6 is 11.8 Å². The second-order valence-electron chi connectivity index (χ2n) is 8.05. The number of piperidine rings is 1. The summed E-state index contributed by atoms with van der Waals surface area (Å²) in [5.41, 5.74) is 6.97. The van der Waals surface area contributed by atoms with Gasteiger partial charge in [0.15, 0.2) is 0 Å². The van der Waals surface area contributed by atoms with E-state index in [0.717, 1.165) is 61.8 Å². The van der Waals surface area contributed by atoms with Gasteiger partial charge in [0, 0.05) is 36.1 Å². The molecule has 2 aliphatic rings. The van der Waals surface area contributed by atoms with Gasteiger partial charge < -0.3 is 10.6 Å². The van der Waals surface area contributed by atoms with Crippen LogP contribution in [-0.2, 0) is 12.7 Å². The number of hydrogen-bond acceptors (Lipinski definition) is 6. The number of alkyl halides is 3. The second-order valence-corrected chi connectivity index (χ2v) is 9.11. The SMILES string of the molecule is N[C@@H]1c2ccnn2CC12CCN(c1cnc(Sc3ccccc3C(F)(F)F)cn1)CC2. The molecule has 3 aromatic rings. The Bertz CT molecular complexity index is 1070. The zero-order valence-corrected chi connectivity index (χ0v) is 17.4. The highest BCUT2D eigenvalue weighted by Crippen LogP contribution is 2.48. The number of hydrogen-bond donors (Lipinski definition) is 1. The number of nitrogens with two attached hydrogens (primary N) is 1. The minimum atomic E-state index is -4.40. The largest absolute Gasteiger partial charge is 0.417 e. The summed E-state index contributed by atoms with van der Waals surface area (Å²) in [5.74, 6) is 0.729. The van der Waals surface area contributed by atoms with Crippen LogP contribution in [0.4, 0.5) is 19.0 Å². The van der Waals surface area contributed by atoms with E-state index in [-0.39, 0.29) is 16.4 Å². The predicted molar refractivity (Wildman–Crippen MR) is 111 cm³/mol. The molecule has 1 aromatic carbocycles. The highest BCUT2D eigenvalue weighted by Gasteiger charge is 2.47. The molecule has 0 amide bonds. The Kier molecular flexibility index (Phi) is 4.93. The van der Waals surface area contributed by atoms with Crippen molar-refractivity contribution in [3.63, 3.8) is 0 Å². The Morgan fingerprint density at radius 1 is 1.06 bits per heavy atom. The fourth-order valence-electron chi connectivity index (χ4n) is 4.53. The van der Waals surface area contributed by atoms with E-state index in [9.17, 15) is 13.2 Å². The van der Waals surface area contributed by atoms with Crippen LogP contribution in [-0.4, -0.2) is 32.8 Å². The summed E-state index contributed by atoms with van der Waals surface area (Å²) in [4.78, 5) is 11.1. The molecule has 1 spiro atoms. The lowest BCUT2D eigenvalue weighted by Gasteiger charge is -2.41. The van der Waals surface area contributed by atoms with E-state index in [2.05, 4.69) is 20.0 Å². The molecule has 162 valence electrons. The van der Waals surface area contributed by atoms with E-state index in [1.165, 1.54) is 18.3 Å². The molecule has 0 radical (unpaired) electrons. The van der Waals surface area contributed by atoms with Gasteiger partial charge in [0.25, 0.3) is 0 Å². The van der Waals surface area contributed by atoms with Crippen molar-refractivity contribution in [2.24, 2.45) is 11.1 Å².